The first-order valence-electron chi connectivity index (χ1n) is 9.95. The van der Waals surface area contributed by atoms with Crippen LogP contribution in [0.25, 0.3) is 0 Å². The van der Waals surface area contributed by atoms with Crippen molar-refractivity contribution < 1.29 is 19.5 Å². The average Bonchev–Trinajstić information content (AvgIpc) is 2.69. The second-order valence-corrected chi connectivity index (χ2v) is 7.39. The third-order valence-corrected chi connectivity index (χ3v) is 4.27. The van der Waals surface area contributed by atoms with Crippen LogP contribution < -0.4 is 16.0 Å². The van der Waals surface area contributed by atoms with Gasteiger partial charge in [0, 0.05) is 13.1 Å². The highest BCUT2D eigenvalue weighted by Gasteiger charge is 2.20. The minimum atomic E-state index is -1.27. The van der Waals surface area contributed by atoms with E-state index < -0.39 is 23.9 Å². The number of aryl methyl sites for hydroxylation is 1. The Morgan fingerprint density at radius 2 is 1.80 bits per heavy atom. The van der Waals surface area contributed by atoms with Crippen LogP contribution >= 0.6 is 0 Å². The molecule has 1 rings (SSSR count). The fourth-order valence-electron chi connectivity index (χ4n) is 2.70. The lowest BCUT2D eigenvalue weighted by Crippen LogP contribution is -2.46. The molecule has 1 unspecified atom stereocenters. The largest absolute Gasteiger partial charge is 0.465 e. The van der Waals surface area contributed by atoms with E-state index in [1.54, 1.807) is 6.08 Å². The Labute approximate surface area is 177 Å². The van der Waals surface area contributed by atoms with Crippen molar-refractivity contribution in [3.8, 4) is 6.07 Å². The molecular formula is C22H30N4O4. The van der Waals surface area contributed by atoms with Gasteiger partial charge in [-0.05, 0) is 37.7 Å². The Morgan fingerprint density at radius 3 is 2.37 bits per heavy atom. The molecule has 0 heterocycles. The van der Waals surface area contributed by atoms with Crippen molar-refractivity contribution in [2.45, 2.75) is 52.6 Å². The number of hydrogen-bond donors (Lipinski definition) is 4. The van der Waals surface area contributed by atoms with Crippen LogP contribution in [0.4, 0.5) is 4.79 Å². The van der Waals surface area contributed by atoms with Crippen LogP contribution in [0.5, 0.6) is 0 Å². The minimum Gasteiger partial charge on any atom is -0.465 e. The fraction of sp³-hybridized carbons (Fsp3) is 0.455. The van der Waals surface area contributed by atoms with Gasteiger partial charge in [-0.15, -0.1) is 0 Å². The number of nitrogens with zero attached hydrogens (tertiary/aromatic N) is 1. The second kappa shape index (κ2) is 13.0. The predicted molar refractivity (Wildman–Crippen MR) is 113 cm³/mol. The Morgan fingerprint density at radius 1 is 1.13 bits per heavy atom. The van der Waals surface area contributed by atoms with Crippen LogP contribution in [-0.4, -0.2) is 35.6 Å². The highest BCUT2D eigenvalue weighted by atomic mass is 16.4. The maximum Gasteiger partial charge on any atom is 0.405 e. The summed E-state index contributed by atoms with van der Waals surface area (Å²) in [5.41, 5.74) is 2.11. The molecule has 0 fully saturated rings. The standard InChI is InChI=1S/C22H30N4O4/c1-15(2)12-18(13-23)20(27)24-11-5-4-6-19(26-22(29)30)21(28)25-14-17-9-7-16(3)8-10-17/h7-10,12,15,19,26H,4-6,11,14H2,1-3H3,(H,24,27)(H,25,28)(H,29,30). The molecule has 8 nitrogen and oxygen atoms in total. The predicted octanol–water partition coefficient (Wildman–Crippen LogP) is 2.64. The number of allylic oxidation sites excluding steroid dienone is 1. The highest BCUT2D eigenvalue weighted by molar-refractivity contribution is 5.97. The second-order valence-electron chi connectivity index (χ2n) is 7.39. The number of nitriles is 1. The summed E-state index contributed by atoms with van der Waals surface area (Å²) in [5, 5.41) is 25.7. The molecule has 0 saturated carbocycles. The SMILES string of the molecule is Cc1ccc(CNC(=O)C(CCCCNC(=O)C(C#N)=CC(C)C)NC(=O)O)cc1. The molecule has 0 spiro atoms. The van der Waals surface area contributed by atoms with E-state index in [0.29, 0.717) is 32.4 Å². The Bertz CT molecular complexity index is 794. The molecule has 0 bridgehead atoms. The number of hydrogen-bond acceptors (Lipinski definition) is 4. The topological polar surface area (TPSA) is 131 Å². The van der Waals surface area contributed by atoms with Crippen LogP contribution in [0.2, 0.25) is 0 Å². The van der Waals surface area contributed by atoms with Crippen LogP contribution in [0, 0.1) is 24.2 Å². The first-order valence-corrected chi connectivity index (χ1v) is 9.95. The summed E-state index contributed by atoms with van der Waals surface area (Å²) in [5.74, 6) is -0.734. The van der Waals surface area contributed by atoms with Crippen molar-refractivity contribution >= 4 is 17.9 Å². The average molecular weight is 415 g/mol. The maximum atomic E-state index is 12.4. The Kier molecular flexibility index (Phi) is 10.7. The van der Waals surface area contributed by atoms with E-state index in [1.807, 2.05) is 51.1 Å². The number of benzene rings is 1. The minimum absolute atomic E-state index is 0.0749. The molecule has 0 aliphatic carbocycles. The van der Waals surface area contributed by atoms with Gasteiger partial charge in [-0.25, -0.2) is 4.79 Å². The van der Waals surface area contributed by atoms with Gasteiger partial charge in [-0.3, -0.25) is 9.59 Å². The van der Waals surface area contributed by atoms with Crippen molar-refractivity contribution in [2.24, 2.45) is 5.92 Å². The van der Waals surface area contributed by atoms with Crippen LogP contribution in [0.3, 0.4) is 0 Å². The van der Waals surface area contributed by atoms with E-state index in [1.165, 1.54) is 0 Å². The molecule has 4 N–H and O–H groups in total. The summed E-state index contributed by atoms with van der Waals surface area (Å²) in [4.78, 5) is 35.3. The molecule has 1 atom stereocenters. The Balaban J connectivity index is 2.45. The number of carboxylic acid groups (broad SMARTS) is 1. The number of amides is 3. The van der Waals surface area contributed by atoms with E-state index in [0.717, 1.165) is 11.1 Å². The summed E-state index contributed by atoms with van der Waals surface area (Å²) in [6.07, 6.45) is 1.71. The lowest BCUT2D eigenvalue weighted by Gasteiger charge is -2.17. The molecule has 0 aliphatic heterocycles. The summed E-state index contributed by atoms with van der Waals surface area (Å²) in [6.45, 7) is 6.38. The molecule has 8 heteroatoms. The van der Waals surface area contributed by atoms with E-state index in [-0.39, 0.29) is 11.5 Å². The van der Waals surface area contributed by atoms with Crippen LogP contribution in [0.15, 0.2) is 35.9 Å². The zero-order valence-electron chi connectivity index (χ0n) is 17.7. The molecule has 162 valence electrons. The van der Waals surface area contributed by atoms with E-state index in [2.05, 4.69) is 16.0 Å². The lowest BCUT2D eigenvalue weighted by molar-refractivity contribution is -0.123. The Hall–Kier alpha value is -3.34. The van der Waals surface area contributed by atoms with Gasteiger partial charge in [0.2, 0.25) is 5.91 Å². The van der Waals surface area contributed by atoms with E-state index in [9.17, 15) is 14.4 Å². The zero-order chi connectivity index (χ0) is 22.5. The highest BCUT2D eigenvalue weighted by Crippen LogP contribution is 2.06. The van der Waals surface area contributed by atoms with Crippen molar-refractivity contribution in [2.75, 3.05) is 6.54 Å². The quantitative estimate of drug-likeness (QED) is 0.251. The molecule has 0 saturated heterocycles. The molecule has 0 radical (unpaired) electrons. The van der Waals surface area contributed by atoms with Gasteiger partial charge in [0.05, 0.1) is 0 Å². The van der Waals surface area contributed by atoms with Gasteiger partial charge in [-0.2, -0.15) is 5.26 Å². The zero-order valence-corrected chi connectivity index (χ0v) is 17.7. The monoisotopic (exact) mass is 414 g/mol. The van der Waals surface area contributed by atoms with Gasteiger partial charge in [0.1, 0.15) is 17.7 Å². The van der Waals surface area contributed by atoms with Gasteiger partial charge in [0.15, 0.2) is 0 Å². The number of carbonyl (C=O) groups excluding carboxylic acids is 2. The van der Waals surface area contributed by atoms with Crippen LogP contribution in [-0.2, 0) is 16.1 Å². The van der Waals surface area contributed by atoms with Crippen molar-refractivity contribution in [3.63, 3.8) is 0 Å². The van der Waals surface area contributed by atoms with E-state index in [4.69, 9.17) is 10.4 Å². The van der Waals surface area contributed by atoms with Crippen molar-refractivity contribution in [1.82, 2.24) is 16.0 Å². The molecule has 3 amide bonds. The van der Waals surface area contributed by atoms with Gasteiger partial charge >= 0.3 is 6.09 Å². The number of carbonyl (C=O) groups is 3. The number of unbranched alkanes of at least 4 members (excludes halogenated alkanes) is 1. The van der Waals surface area contributed by atoms with Gasteiger partial charge in [-0.1, -0.05) is 49.8 Å². The third kappa shape index (κ3) is 9.73. The third-order valence-electron chi connectivity index (χ3n) is 4.27. The molecular weight excluding hydrogens is 384 g/mol. The van der Waals surface area contributed by atoms with Crippen LogP contribution in [0.1, 0.15) is 44.2 Å². The number of rotatable bonds is 11. The summed E-state index contributed by atoms with van der Waals surface area (Å²) < 4.78 is 0. The van der Waals surface area contributed by atoms with Gasteiger partial charge in [0.25, 0.3) is 5.91 Å². The summed E-state index contributed by atoms with van der Waals surface area (Å²) in [7, 11) is 0. The van der Waals surface area contributed by atoms with Gasteiger partial charge < -0.3 is 21.1 Å². The van der Waals surface area contributed by atoms with Crippen molar-refractivity contribution in [3.05, 3.63) is 47.0 Å². The fourth-order valence-corrected chi connectivity index (χ4v) is 2.70. The summed E-state index contributed by atoms with van der Waals surface area (Å²) in [6, 6.07) is 8.69. The number of nitrogens with one attached hydrogen (secondary N) is 3. The molecule has 1 aromatic carbocycles. The molecule has 1 aromatic rings. The first-order chi connectivity index (χ1) is 14.2. The molecule has 30 heavy (non-hydrogen) atoms. The smallest absolute Gasteiger partial charge is 0.405 e. The maximum absolute atomic E-state index is 12.4. The first kappa shape index (κ1) is 24.7. The molecule has 0 aromatic heterocycles. The normalized spacial score (nSPS) is 12.0. The lowest BCUT2D eigenvalue weighted by atomic mass is 10.1. The van der Waals surface area contributed by atoms with Crippen molar-refractivity contribution in [1.29, 1.82) is 5.26 Å². The molecule has 0 aliphatic rings. The van der Waals surface area contributed by atoms with E-state index >= 15 is 0 Å². The summed E-state index contributed by atoms with van der Waals surface area (Å²) >= 11 is 0.